The monoisotopic (exact) mass is 185 g/mol. The normalized spacial score (nSPS) is 9.46. The second-order valence-electron chi connectivity index (χ2n) is 2.99. The van der Waals surface area contributed by atoms with Crippen LogP contribution in [0.2, 0.25) is 0 Å². The highest BCUT2D eigenvalue weighted by atomic mass is 16.5. The minimum Gasteiger partial charge on any atom is -0.458 e. The Hall–Kier alpha value is -1.32. The Balaban J connectivity index is 3.69. The first-order valence-corrected chi connectivity index (χ1v) is 4.13. The van der Waals surface area contributed by atoms with Gasteiger partial charge in [-0.1, -0.05) is 19.9 Å². The largest absolute Gasteiger partial charge is 0.458 e. The Morgan fingerprint density at radius 3 is 2.62 bits per heavy atom. The Kier molecular flexibility index (Phi) is 5.59. The van der Waals surface area contributed by atoms with Gasteiger partial charge in [0.05, 0.1) is 6.61 Å². The molecule has 1 amide bonds. The molecular formula is C9H15NO3. The number of carbonyl (C=O) groups is 2. The van der Waals surface area contributed by atoms with Crippen LogP contribution in [0.15, 0.2) is 12.7 Å². The van der Waals surface area contributed by atoms with Gasteiger partial charge in [0, 0.05) is 6.54 Å². The summed E-state index contributed by atoms with van der Waals surface area (Å²) in [6.45, 7) is 7.73. The average molecular weight is 185 g/mol. The van der Waals surface area contributed by atoms with Gasteiger partial charge >= 0.3 is 11.9 Å². The van der Waals surface area contributed by atoms with Gasteiger partial charge in [-0.15, -0.1) is 6.58 Å². The molecule has 74 valence electrons. The van der Waals surface area contributed by atoms with Gasteiger partial charge in [-0.3, -0.25) is 4.79 Å². The zero-order valence-corrected chi connectivity index (χ0v) is 8.00. The topological polar surface area (TPSA) is 55.4 Å². The van der Waals surface area contributed by atoms with Gasteiger partial charge in [-0.2, -0.15) is 0 Å². The molecule has 13 heavy (non-hydrogen) atoms. The van der Waals surface area contributed by atoms with Crippen LogP contribution < -0.4 is 5.32 Å². The molecule has 0 aliphatic rings. The third kappa shape index (κ3) is 5.90. The molecule has 0 heterocycles. The highest BCUT2D eigenvalue weighted by Gasteiger charge is 2.13. The summed E-state index contributed by atoms with van der Waals surface area (Å²) in [4.78, 5) is 21.8. The fourth-order valence-corrected chi connectivity index (χ4v) is 0.545. The molecule has 0 fully saturated rings. The van der Waals surface area contributed by atoms with Crippen molar-refractivity contribution in [1.82, 2.24) is 5.32 Å². The van der Waals surface area contributed by atoms with Crippen molar-refractivity contribution in [2.75, 3.05) is 13.2 Å². The Morgan fingerprint density at radius 1 is 1.54 bits per heavy atom. The van der Waals surface area contributed by atoms with Crippen molar-refractivity contribution in [2.45, 2.75) is 13.8 Å². The molecule has 0 aromatic heterocycles. The van der Waals surface area contributed by atoms with Crippen LogP contribution in [0, 0.1) is 5.92 Å². The van der Waals surface area contributed by atoms with Crippen LogP contribution in [0.4, 0.5) is 0 Å². The smallest absolute Gasteiger partial charge is 0.396 e. The van der Waals surface area contributed by atoms with E-state index < -0.39 is 11.9 Å². The summed E-state index contributed by atoms with van der Waals surface area (Å²) in [6, 6.07) is 0. The molecule has 0 aliphatic heterocycles. The summed E-state index contributed by atoms with van der Waals surface area (Å²) in [6.07, 6.45) is 1.49. The van der Waals surface area contributed by atoms with Crippen LogP contribution in [0.1, 0.15) is 13.8 Å². The predicted octanol–water partition coefficient (Wildman–Crippen LogP) is 0.488. The molecule has 0 atom stereocenters. The van der Waals surface area contributed by atoms with E-state index in [9.17, 15) is 9.59 Å². The van der Waals surface area contributed by atoms with E-state index in [4.69, 9.17) is 0 Å². The van der Waals surface area contributed by atoms with E-state index in [1.807, 2.05) is 13.8 Å². The molecular weight excluding hydrogens is 170 g/mol. The quantitative estimate of drug-likeness (QED) is 0.394. The molecule has 0 saturated heterocycles. The van der Waals surface area contributed by atoms with Gasteiger partial charge in [-0.25, -0.2) is 4.79 Å². The maximum absolute atomic E-state index is 10.9. The Bertz CT molecular complexity index is 199. The zero-order chi connectivity index (χ0) is 10.3. The summed E-state index contributed by atoms with van der Waals surface area (Å²) >= 11 is 0. The molecule has 0 radical (unpaired) electrons. The van der Waals surface area contributed by atoms with Gasteiger partial charge in [0.1, 0.15) is 0 Å². The number of amides is 1. The van der Waals surface area contributed by atoms with Crippen molar-refractivity contribution < 1.29 is 14.3 Å². The van der Waals surface area contributed by atoms with Crippen molar-refractivity contribution >= 4 is 11.9 Å². The van der Waals surface area contributed by atoms with E-state index in [1.54, 1.807) is 0 Å². The number of hydrogen-bond acceptors (Lipinski definition) is 3. The molecule has 0 aliphatic carbocycles. The lowest BCUT2D eigenvalue weighted by Gasteiger charge is -2.06. The number of hydrogen-bond donors (Lipinski definition) is 1. The predicted molar refractivity (Wildman–Crippen MR) is 49.0 cm³/mol. The van der Waals surface area contributed by atoms with Crippen molar-refractivity contribution in [3.63, 3.8) is 0 Å². The maximum Gasteiger partial charge on any atom is 0.396 e. The third-order valence-electron chi connectivity index (χ3n) is 1.14. The van der Waals surface area contributed by atoms with E-state index in [1.165, 1.54) is 6.08 Å². The van der Waals surface area contributed by atoms with Crippen LogP contribution in [0.25, 0.3) is 0 Å². The molecule has 0 saturated carbocycles. The van der Waals surface area contributed by atoms with E-state index in [0.29, 0.717) is 0 Å². The molecule has 0 rings (SSSR count). The third-order valence-corrected chi connectivity index (χ3v) is 1.14. The summed E-state index contributed by atoms with van der Waals surface area (Å²) in [5.41, 5.74) is 0. The number of nitrogens with one attached hydrogen (secondary N) is 1. The van der Waals surface area contributed by atoms with Gasteiger partial charge in [0.25, 0.3) is 0 Å². The minimum absolute atomic E-state index is 0.233. The highest BCUT2D eigenvalue weighted by Crippen LogP contribution is 1.92. The van der Waals surface area contributed by atoms with E-state index in [0.717, 1.165) is 0 Å². The van der Waals surface area contributed by atoms with Gasteiger partial charge in [-0.05, 0) is 5.92 Å². The number of esters is 1. The van der Waals surface area contributed by atoms with E-state index >= 15 is 0 Å². The van der Waals surface area contributed by atoms with Crippen LogP contribution in [-0.2, 0) is 14.3 Å². The fourth-order valence-electron chi connectivity index (χ4n) is 0.545. The van der Waals surface area contributed by atoms with Crippen molar-refractivity contribution in [3.8, 4) is 0 Å². The maximum atomic E-state index is 10.9. The minimum atomic E-state index is -0.837. The van der Waals surface area contributed by atoms with Crippen LogP contribution in [0.5, 0.6) is 0 Å². The van der Waals surface area contributed by atoms with Crippen LogP contribution in [0.3, 0.4) is 0 Å². The molecule has 0 aromatic carbocycles. The second-order valence-corrected chi connectivity index (χ2v) is 2.99. The molecule has 0 unspecified atom stereocenters. The van der Waals surface area contributed by atoms with Gasteiger partial charge < -0.3 is 10.1 Å². The molecule has 0 spiro atoms. The average Bonchev–Trinajstić information content (AvgIpc) is 2.10. The molecule has 0 aromatic rings. The van der Waals surface area contributed by atoms with Crippen molar-refractivity contribution in [3.05, 3.63) is 12.7 Å². The van der Waals surface area contributed by atoms with E-state index in [2.05, 4.69) is 16.6 Å². The van der Waals surface area contributed by atoms with Crippen molar-refractivity contribution in [2.24, 2.45) is 5.92 Å². The molecule has 0 bridgehead atoms. The lowest BCUT2D eigenvalue weighted by molar-refractivity contribution is -0.155. The zero-order valence-electron chi connectivity index (χ0n) is 8.00. The summed E-state index contributed by atoms with van der Waals surface area (Å²) < 4.78 is 4.68. The lowest BCUT2D eigenvalue weighted by Crippen LogP contribution is -2.33. The second kappa shape index (κ2) is 6.22. The van der Waals surface area contributed by atoms with Crippen molar-refractivity contribution in [1.29, 1.82) is 0 Å². The Labute approximate surface area is 78.0 Å². The number of ether oxygens (including phenoxy) is 1. The standard InChI is InChI=1S/C9H15NO3/c1-4-5-10-8(11)9(12)13-6-7(2)3/h4,7H,1,5-6H2,2-3H3,(H,10,11). The van der Waals surface area contributed by atoms with Gasteiger partial charge in [0.2, 0.25) is 0 Å². The number of rotatable bonds is 4. The Morgan fingerprint density at radius 2 is 2.15 bits per heavy atom. The number of carbonyl (C=O) groups excluding carboxylic acids is 2. The summed E-state index contributed by atoms with van der Waals surface area (Å²) in [5.74, 6) is -1.33. The fraction of sp³-hybridized carbons (Fsp3) is 0.556. The first kappa shape index (κ1) is 11.7. The SMILES string of the molecule is C=CCNC(=O)C(=O)OCC(C)C. The summed E-state index contributed by atoms with van der Waals surface area (Å²) in [7, 11) is 0. The molecule has 1 N–H and O–H groups in total. The highest BCUT2D eigenvalue weighted by molar-refractivity contribution is 6.32. The molecule has 4 heteroatoms. The molecule has 4 nitrogen and oxygen atoms in total. The van der Waals surface area contributed by atoms with Crippen LogP contribution >= 0.6 is 0 Å². The first-order chi connectivity index (χ1) is 6.07. The van der Waals surface area contributed by atoms with Crippen LogP contribution in [-0.4, -0.2) is 25.0 Å². The lowest BCUT2D eigenvalue weighted by atomic mass is 10.2. The van der Waals surface area contributed by atoms with Gasteiger partial charge in [0.15, 0.2) is 0 Å². The van der Waals surface area contributed by atoms with E-state index in [-0.39, 0.29) is 19.1 Å². The first-order valence-electron chi connectivity index (χ1n) is 4.13. The summed E-state index contributed by atoms with van der Waals surface area (Å²) in [5, 5.41) is 2.32.